The van der Waals surface area contributed by atoms with Crippen molar-refractivity contribution in [3.63, 3.8) is 0 Å². The van der Waals surface area contributed by atoms with E-state index in [1.165, 1.54) is 0 Å². The van der Waals surface area contributed by atoms with E-state index in [0.29, 0.717) is 23.9 Å². The Hall–Kier alpha value is -3.15. The summed E-state index contributed by atoms with van der Waals surface area (Å²) in [5, 5.41) is 4.12. The second kappa shape index (κ2) is 7.84. The van der Waals surface area contributed by atoms with E-state index >= 15 is 0 Å². The number of rotatable bonds is 6. The fourth-order valence-electron chi connectivity index (χ4n) is 2.83. The smallest absolute Gasteiger partial charge is 0.258 e. The van der Waals surface area contributed by atoms with Crippen LogP contribution in [-0.4, -0.2) is 22.7 Å². The van der Waals surface area contributed by atoms with Crippen molar-refractivity contribution >= 4 is 5.91 Å². The van der Waals surface area contributed by atoms with E-state index in [-0.39, 0.29) is 5.41 Å². The Morgan fingerprint density at radius 3 is 2.39 bits per heavy atom. The lowest BCUT2D eigenvalue weighted by molar-refractivity contribution is 0.100. The zero-order valence-electron chi connectivity index (χ0n) is 16.7. The average molecular weight is 379 g/mol. The predicted octanol–water partition coefficient (Wildman–Crippen LogP) is 4.59. The molecule has 6 nitrogen and oxygen atoms in total. The summed E-state index contributed by atoms with van der Waals surface area (Å²) in [7, 11) is 0. The molecule has 0 aliphatic rings. The zero-order chi connectivity index (χ0) is 20.3. The lowest BCUT2D eigenvalue weighted by atomic mass is 9.85. The van der Waals surface area contributed by atoms with Gasteiger partial charge in [0.05, 0.1) is 6.61 Å². The van der Waals surface area contributed by atoms with Gasteiger partial charge in [0, 0.05) is 22.3 Å². The molecule has 0 aliphatic heterocycles. The molecule has 3 rings (SSSR count). The van der Waals surface area contributed by atoms with Gasteiger partial charge in [0.15, 0.2) is 0 Å². The average Bonchev–Trinajstić information content (AvgIpc) is 3.15. The molecule has 2 aromatic carbocycles. The van der Waals surface area contributed by atoms with E-state index in [9.17, 15) is 4.79 Å². The fourth-order valence-corrected chi connectivity index (χ4v) is 2.83. The second-order valence-corrected chi connectivity index (χ2v) is 7.67. The summed E-state index contributed by atoms with van der Waals surface area (Å²) in [6.45, 7) is 9.20. The first-order valence-electron chi connectivity index (χ1n) is 9.31. The van der Waals surface area contributed by atoms with Crippen molar-refractivity contribution in [3.8, 4) is 28.6 Å². The molecule has 0 bridgehead atoms. The van der Waals surface area contributed by atoms with Crippen LogP contribution < -0.4 is 10.5 Å². The standard InChI is InChI=1S/C22H25N3O3/c1-5-12-27-18-11-10-16(13-17(18)22(2,3)4)20-24-21(28-25-20)15-8-6-14(7-9-15)19(23)26/h6-11,13H,5,12H2,1-4H3,(H2,23,26). The summed E-state index contributed by atoms with van der Waals surface area (Å²) in [5.74, 6) is 1.29. The fraction of sp³-hybridized carbons (Fsp3) is 0.318. The van der Waals surface area contributed by atoms with Crippen LogP contribution in [0.5, 0.6) is 5.75 Å². The van der Waals surface area contributed by atoms with E-state index in [4.69, 9.17) is 15.0 Å². The molecule has 2 N–H and O–H groups in total. The summed E-state index contributed by atoms with van der Waals surface area (Å²) in [4.78, 5) is 15.7. The van der Waals surface area contributed by atoms with Gasteiger partial charge in [-0.25, -0.2) is 0 Å². The maximum atomic E-state index is 11.2. The highest BCUT2D eigenvalue weighted by molar-refractivity contribution is 5.93. The number of aromatic nitrogens is 2. The number of hydrogen-bond donors (Lipinski definition) is 1. The van der Waals surface area contributed by atoms with Crippen LogP contribution in [-0.2, 0) is 5.41 Å². The van der Waals surface area contributed by atoms with Gasteiger partial charge in [-0.05, 0) is 54.3 Å². The molecular weight excluding hydrogens is 354 g/mol. The van der Waals surface area contributed by atoms with Crippen LogP contribution in [0.25, 0.3) is 22.8 Å². The summed E-state index contributed by atoms with van der Waals surface area (Å²) < 4.78 is 11.3. The van der Waals surface area contributed by atoms with Gasteiger partial charge in [0.2, 0.25) is 11.7 Å². The number of ether oxygens (including phenoxy) is 1. The number of amides is 1. The van der Waals surface area contributed by atoms with Crippen molar-refractivity contribution in [2.45, 2.75) is 39.5 Å². The summed E-state index contributed by atoms with van der Waals surface area (Å²) >= 11 is 0. The minimum Gasteiger partial charge on any atom is -0.493 e. The maximum Gasteiger partial charge on any atom is 0.258 e. The number of primary amides is 1. The van der Waals surface area contributed by atoms with Crippen LogP contribution >= 0.6 is 0 Å². The number of carbonyl (C=O) groups is 1. The highest BCUT2D eigenvalue weighted by atomic mass is 16.5. The summed E-state index contributed by atoms with van der Waals surface area (Å²) in [6.07, 6.45) is 0.952. The normalized spacial score (nSPS) is 11.4. The van der Waals surface area contributed by atoms with E-state index < -0.39 is 5.91 Å². The predicted molar refractivity (Wildman–Crippen MR) is 108 cm³/mol. The largest absolute Gasteiger partial charge is 0.493 e. The van der Waals surface area contributed by atoms with E-state index in [2.05, 4.69) is 43.9 Å². The Bertz CT molecular complexity index is 969. The molecule has 1 heterocycles. The van der Waals surface area contributed by atoms with E-state index in [0.717, 1.165) is 28.9 Å². The molecular formula is C22H25N3O3. The van der Waals surface area contributed by atoms with Crippen molar-refractivity contribution in [3.05, 3.63) is 53.6 Å². The number of nitrogens with two attached hydrogens (primary N) is 1. The van der Waals surface area contributed by atoms with Gasteiger partial charge >= 0.3 is 0 Å². The van der Waals surface area contributed by atoms with Crippen LogP contribution in [0.4, 0.5) is 0 Å². The first-order chi connectivity index (χ1) is 13.3. The van der Waals surface area contributed by atoms with Crippen LogP contribution in [0.1, 0.15) is 50.0 Å². The van der Waals surface area contributed by atoms with Gasteiger partial charge in [-0.1, -0.05) is 32.9 Å². The summed E-state index contributed by atoms with van der Waals surface area (Å²) in [6, 6.07) is 12.7. The molecule has 146 valence electrons. The Labute approximate surface area is 164 Å². The van der Waals surface area contributed by atoms with Gasteiger partial charge in [0.25, 0.3) is 5.89 Å². The molecule has 0 aliphatic carbocycles. The van der Waals surface area contributed by atoms with Crippen molar-refractivity contribution in [2.75, 3.05) is 6.61 Å². The molecule has 28 heavy (non-hydrogen) atoms. The van der Waals surface area contributed by atoms with Gasteiger partial charge in [-0.2, -0.15) is 4.98 Å². The third-order valence-corrected chi connectivity index (χ3v) is 4.35. The zero-order valence-corrected chi connectivity index (χ0v) is 16.7. The summed E-state index contributed by atoms with van der Waals surface area (Å²) in [5.41, 5.74) is 8.29. The van der Waals surface area contributed by atoms with Crippen molar-refractivity contribution in [2.24, 2.45) is 5.73 Å². The van der Waals surface area contributed by atoms with Crippen LogP contribution in [0.2, 0.25) is 0 Å². The number of carbonyl (C=O) groups excluding carboxylic acids is 1. The first kappa shape index (κ1) is 19.6. The quantitative estimate of drug-likeness (QED) is 0.676. The number of hydrogen-bond acceptors (Lipinski definition) is 5. The topological polar surface area (TPSA) is 91.2 Å². The Kier molecular flexibility index (Phi) is 5.49. The molecule has 1 aromatic heterocycles. The van der Waals surface area contributed by atoms with Crippen LogP contribution in [0.3, 0.4) is 0 Å². The minimum absolute atomic E-state index is 0.0871. The molecule has 0 fully saturated rings. The monoisotopic (exact) mass is 379 g/mol. The first-order valence-corrected chi connectivity index (χ1v) is 9.31. The molecule has 0 saturated heterocycles. The molecule has 0 radical (unpaired) electrons. The lowest BCUT2D eigenvalue weighted by Gasteiger charge is -2.23. The Balaban J connectivity index is 1.93. The van der Waals surface area contributed by atoms with Crippen molar-refractivity contribution in [1.82, 2.24) is 10.1 Å². The maximum absolute atomic E-state index is 11.2. The van der Waals surface area contributed by atoms with Crippen molar-refractivity contribution in [1.29, 1.82) is 0 Å². The van der Waals surface area contributed by atoms with Gasteiger partial charge < -0.3 is 15.0 Å². The molecule has 1 amide bonds. The molecule has 6 heteroatoms. The number of benzene rings is 2. The van der Waals surface area contributed by atoms with Crippen LogP contribution in [0.15, 0.2) is 47.0 Å². The van der Waals surface area contributed by atoms with E-state index in [1.54, 1.807) is 24.3 Å². The molecule has 0 spiro atoms. The minimum atomic E-state index is -0.474. The Morgan fingerprint density at radius 2 is 1.79 bits per heavy atom. The highest BCUT2D eigenvalue weighted by Gasteiger charge is 2.21. The van der Waals surface area contributed by atoms with Gasteiger partial charge in [-0.3, -0.25) is 4.79 Å². The molecule has 0 saturated carbocycles. The number of nitrogens with zero attached hydrogens (tertiary/aromatic N) is 2. The molecule has 3 aromatic rings. The third kappa shape index (κ3) is 4.22. The van der Waals surface area contributed by atoms with Crippen molar-refractivity contribution < 1.29 is 14.1 Å². The van der Waals surface area contributed by atoms with E-state index in [1.807, 2.05) is 12.1 Å². The third-order valence-electron chi connectivity index (χ3n) is 4.35. The lowest BCUT2D eigenvalue weighted by Crippen LogP contribution is -2.14. The van der Waals surface area contributed by atoms with Gasteiger partial charge in [0.1, 0.15) is 5.75 Å². The molecule has 0 atom stereocenters. The molecule has 0 unspecified atom stereocenters. The van der Waals surface area contributed by atoms with Gasteiger partial charge in [-0.15, -0.1) is 0 Å². The SMILES string of the molecule is CCCOc1ccc(-c2noc(-c3ccc(C(N)=O)cc3)n2)cc1C(C)(C)C. The van der Waals surface area contributed by atoms with Crippen LogP contribution in [0, 0.1) is 0 Å². The Morgan fingerprint density at radius 1 is 1.11 bits per heavy atom. The second-order valence-electron chi connectivity index (χ2n) is 7.67. The highest BCUT2D eigenvalue weighted by Crippen LogP contribution is 2.35.